The molecule has 1 atom stereocenters. The van der Waals surface area contributed by atoms with E-state index in [1.54, 1.807) is 0 Å². The van der Waals surface area contributed by atoms with Crippen molar-refractivity contribution in [2.24, 2.45) is 0 Å². The van der Waals surface area contributed by atoms with Crippen LogP contribution in [0.15, 0.2) is 29.3 Å². The van der Waals surface area contributed by atoms with Crippen molar-refractivity contribution in [1.82, 2.24) is 4.57 Å². The van der Waals surface area contributed by atoms with Gasteiger partial charge in [-0.05, 0) is 18.2 Å². The van der Waals surface area contributed by atoms with E-state index in [1.807, 2.05) is 0 Å². The third-order valence-electron chi connectivity index (χ3n) is 4.11. The number of aromatic nitrogens is 1. The van der Waals surface area contributed by atoms with Crippen LogP contribution in [0.4, 0.5) is 32.0 Å². The average molecular weight is 410 g/mol. The number of nitrogens with zero attached hydrogens (tertiary/aromatic N) is 2. The van der Waals surface area contributed by atoms with E-state index in [4.69, 9.17) is 6.57 Å². The highest BCUT2D eigenvalue weighted by molar-refractivity contribution is 7.92. The molecule has 0 bridgehead atoms. The van der Waals surface area contributed by atoms with Gasteiger partial charge in [0.25, 0.3) is 15.8 Å². The molecule has 1 aliphatic rings. The lowest BCUT2D eigenvalue weighted by Crippen LogP contribution is -2.27. The van der Waals surface area contributed by atoms with Gasteiger partial charge in [0.1, 0.15) is 16.8 Å². The lowest BCUT2D eigenvalue weighted by Gasteiger charge is -2.16. The zero-order valence-electron chi connectivity index (χ0n) is 12.9. The Labute approximate surface area is 148 Å². The van der Waals surface area contributed by atoms with Crippen molar-refractivity contribution in [2.75, 3.05) is 0 Å². The van der Waals surface area contributed by atoms with Gasteiger partial charge >= 0.3 is 5.51 Å². The Morgan fingerprint density at radius 3 is 2.48 bits per heavy atom. The van der Waals surface area contributed by atoms with Crippen LogP contribution in [0.1, 0.15) is 17.4 Å². The minimum atomic E-state index is -6.04. The molecule has 1 heterocycles. The number of benzene rings is 1. The quantitative estimate of drug-likeness (QED) is 0.607. The number of hydrogen-bond donors (Lipinski definition) is 1. The summed E-state index contributed by atoms with van der Waals surface area (Å²) >= 11 is 0. The molecule has 0 fully saturated rings. The molecular formula is C15H8F6N2O3S. The van der Waals surface area contributed by atoms with Crippen LogP contribution in [0.2, 0.25) is 0 Å². The Hall–Kier alpha value is -2.52. The maximum absolute atomic E-state index is 13.9. The molecule has 0 saturated carbocycles. The summed E-state index contributed by atoms with van der Waals surface area (Å²) in [5.74, 6) is -4.85. The molecule has 0 radical (unpaired) electrons. The van der Waals surface area contributed by atoms with Gasteiger partial charge in [0.15, 0.2) is 0 Å². The lowest BCUT2D eigenvalue weighted by molar-refractivity contribution is -0.0983. The standard InChI is InChI=1S/C15H8F6N2O3S/c1-22-9-4-7(2-3-8(9)16)23-6-11(27(25,26)15(19,20)21)12-10(23)5-14(17,18)13(12)24/h2-4,6,13,24H,5H2/t13-/m0/s1. The molecule has 1 N–H and O–H groups in total. The molecule has 2 aromatic rings. The van der Waals surface area contributed by atoms with E-state index in [0.717, 1.165) is 18.2 Å². The van der Waals surface area contributed by atoms with E-state index in [1.165, 1.54) is 0 Å². The van der Waals surface area contributed by atoms with Gasteiger partial charge < -0.3 is 9.67 Å². The van der Waals surface area contributed by atoms with Crippen LogP contribution < -0.4 is 0 Å². The van der Waals surface area contributed by atoms with E-state index in [0.29, 0.717) is 10.8 Å². The minimum Gasteiger partial charge on any atom is -0.382 e. The number of aliphatic hydroxyl groups is 1. The molecule has 0 unspecified atom stereocenters. The van der Waals surface area contributed by atoms with Gasteiger partial charge in [-0.2, -0.15) is 13.2 Å². The second kappa shape index (κ2) is 5.74. The fraction of sp³-hybridized carbons (Fsp3) is 0.267. The number of alkyl halides is 5. The van der Waals surface area contributed by atoms with Crippen LogP contribution in [0.25, 0.3) is 10.5 Å². The second-order valence-electron chi connectivity index (χ2n) is 5.76. The monoisotopic (exact) mass is 410 g/mol. The van der Waals surface area contributed by atoms with E-state index in [-0.39, 0.29) is 5.69 Å². The minimum absolute atomic E-state index is 0.202. The van der Waals surface area contributed by atoms with Crippen molar-refractivity contribution < 1.29 is 39.9 Å². The number of halogens is 6. The maximum Gasteiger partial charge on any atom is 0.501 e. The first kappa shape index (κ1) is 19.2. The summed E-state index contributed by atoms with van der Waals surface area (Å²) in [5, 5.41) is 9.72. The molecule has 3 rings (SSSR count). The van der Waals surface area contributed by atoms with Gasteiger partial charge in [0, 0.05) is 23.1 Å². The summed E-state index contributed by atoms with van der Waals surface area (Å²) in [5.41, 5.74) is -8.16. The van der Waals surface area contributed by atoms with Crippen LogP contribution in [0.3, 0.4) is 0 Å². The van der Waals surface area contributed by atoms with Gasteiger partial charge in [-0.3, -0.25) is 0 Å². The number of fused-ring (bicyclic) bond motifs is 1. The molecule has 5 nitrogen and oxygen atoms in total. The fourth-order valence-electron chi connectivity index (χ4n) is 2.85. The number of sulfone groups is 1. The maximum atomic E-state index is 13.9. The molecule has 1 aromatic carbocycles. The van der Waals surface area contributed by atoms with E-state index >= 15 is 0 Å². The van der Waals surface area contributed by atoms with E-state index in [9.17, 15) is 39.9 Å². The third-order valence-corrected chi connectivity index (χ3v) is 5.63. The Bertz CT molecular complexity index is 1080. The van der Waals surface area contributed by atoms with Crippen LogP contribution in [0.5, 0.6) is 0 Å². The van der Waals surface area contributed by atoms with Crippen molar-refractivity contribution in [3.8, 4) is 5.69 Å². The molecule has 12 heteroatoms. The van der Waals surface area contributed by atoms with Gasteiger partial charge in [-0.15, -0.1) is 0 Å². The molecule has 0 saturated heterocycles. The molecule has 0 aliphatic heterocycles. The fourth-order valence-corrected chi connectivity index (χ4v) is 3.86. The normalized spacial score (nSPS) is 19.0. The Kier molecular flexibility index (Phi) is 4.09. The first-order valence-corrected chi connectivity index (χ1v) is 8.58. The van der Waals surface area contributed by atoms with Crippen LogP contribution in [-0.2, 0) is 16.3 Å². The molecule has 27 heavy (non-hydrogen) atoms. The van der Waals surface area contributed by atoms with Crippen LogP contribution in [-0.4, -0.2) is 29.5 Å². The summed E-state index contributed by atoms with van der Waals surface area (Å²) in [7, 11) is -6.04. The highest BCUT2D eigenvalue weighted by atomic mass is 32.2. The highest BCUT2D eigenvalue weighted by Gasteiger charge is 2.56. The van der Waals surface area contributed by atoms with E-state index in [2.05, 4.69) is 4.85 Å². The van der Waals surface area contributed by atoms with E-state index < -0.39 is 61.5 Å². The Morgan fingerprint density at radius 2 is 1.93 bits per heavy atom. The second-order valence-corrected chi connectivity index (χ2v) is 7.67. The average Bonchev–Trinajstić information content (AvgIpc) is 3.02. The molecule has 1 aliphatic carbocycles. The predicted octanol–water partition coefficient (Wildman–Crippen LogP) is 3.69. The van der Waals surface area contributed by atoms with Gasteiger partial charge in [0.2, 0.25) is 5.69 Å². The summed E-state index contributed by atoms with van der Waals surface area (Å²) < 4.78 is 104. The third kappa shape index (κ3) is 2.78. The van der Waals surface area contributed by atoms with Crippen molar-refractivity contribution in [3.63, 3.8) is 0 Å². The van der Waals surface area contributed by atoms with Gasteiger partial charge in [-0.25, -0.2) is 26.4 Å². The van der Waals surface area contributed by atoms with Crippen molar-refractivity contribution in [1.29, 1.82) is 0 Å². The predicted molar refractivity (Wildman–Crippen MR) is 78.8 cm³/mol. The number of aliphatic hydroxyl groups excluding tert-OH is 1. The smallest absolute Gasteiger partial charge is 0.382 e. The highest BCUT2D eigenvalue weighted by Crippen LogP contribution is 2.49. The molecule has 0 amide bonds. The molecule has 0 spiro atoms. The SMILES string of the molecule is [C-]#[N+]c1cc(-n2cc(S(=O)(=O)C(F)(F)F)c3c2CC(F)(F)[C@H]3O)ccc1F. The van der Waals surface area contributed by atoms with Crippen molar-refractivity contribution >= 4 is 15.5 Å². The van der Waals surface area contributed by atoms with Gasteiger partial charge in [0.05, 0.1) is 13.0 Å². The van der Waals surface area contributed by atoms with Crippen LogP contribution in [0, 0.1) is 12.4 Å². The summed E-state index contributed by atoms with van der Waals surface area (Å²) in [6.45, 7) is 6.85. The van der Waals surface area contributed by atoms with Gasteiger partial charge in [-0.1, -0.05) is 0 Å². The zero-order valence-corrected chi connectivity index (χ0v) is 13.7. The largest absolute Gasteiger partial charge is 0.501 e. The first-order chi connectivity index (χ1) is 12.3. The Morgan fingerprint density at radius 1 is 1.30 bits per heavy atom. The number of hydrogen-bond acceptors (Lipinski definition) is 3. The first-order valence-electron chi connectivity index (χ1n) is 7.10. The van der Waals surface area contributed by atoms with Crippen molar-refractivity contribution in [2.45, 2.75) is 28.9 Å². The topological polar surface area (TPSA) is 63.7 Å². The van der Waals surface area contributed by atoms with Crippen molar-refractivity contribution in [3.05, 3.63) is 52.9 Å². The zero-order chi connectivity index (χ0) is 20.4. The lowest BCUT2D eigenvalue weighted by atomic mass is 10.2. The summed E-state index contributed by atoms with van der Waals surface area (Å²) in [4.78, 5) is 1.34. The summed E-state index contributed by atoms with van der Waals surface area (Å²) in [6, 6.07) is 2.64. The summed E-state index contributed by atoms with van der Waals surface area (Å²) in [6.07, 6.45) is -3.56. The Balaban J connectivity index is 2.33. The molecule has 1 aromatic heterocycles. The number of rotatable bonds is 2. The molecular weight excluding hydrogens is 402 g/mol. The molecule has 144 valence electrons. The van der Waals surface area contributed by atoms with Crippen LogP contribution >= 0.6 is 0 Å².